The molecule has 0 aliphatic carbocycles. The second-order valence-electron chi connectivity index (χ2n) is 7.05. The molecular formula is C23H19N3O3S2. The summed E-state index contributed by atoms with van der Waals surface area (Å²) < 4.78 is 0.383. The summed E-state index contributed by atoms with van der Waals surface area (Å²) in [5.74, 6) is -1.03. The number of carbonyl (C=O) groups excluding carboxylic acids is 3. The van der Waals surface area contributed by atoms with Crippen LogP contribution in [0.2, 0.25) is 0 Å². The summed E-state index contributed by atoms with van der Waals surface area (Å²) in [6.45, 7) is 5.66. The summed E-state index contributed by atoms with van der Waals surface area (Å²) in [6, 6.07) is 14.6. The molecule has 6 nitrogen and oxygen atoms in total. The van der Waals surface area contributed by atoms with Crippen molar-refractivity contribution in [2.75, 3.05) is 23.3 Å². The van der Waals surface area contributed by atoms with E-state index in [9.17, 15) is 14.4 Å². The lowest BCUT2D eigenvalue weighted by molar-refractivity contribution is -0.122. The number of rotatable bonds is 5. The first kappa shape index (κ1) is 21.0. The minimum atomic E-state index is -0.389. The summed E-state index contributed by atoms with van der Waals surface area (Å²) in [4.78, 5) is 42.1. The molecule has 1 saturated heterocycles. The first-order valence-electron chi connectivity index (χ1n) is 9.58. The van der Waals surface area contributed by atoms with E-state index in [2.05, 4.69) is 11.9 Å². The van der Waals surface area contributed by atoms with Gasteiger partial charge >= 0.3 is 0 Å². The van der Waals surface area contributed by atoms with Crippen LogP contribution in [0.1, 0.15) is 11.1 Å². The molecule has 31 heavy (non-hydrogen) atoms. The molecule has 3 amide bonds. The number of carbonyl (C=O) groups is 3. The van der Waals surface area contributed by atoms with Gasteiger partial charge in [-0.05, 0) is 24.6 Å². The Bertz CT molecular complexity index is 1170. The van der Waals surface area contributed by atoms with Gasteiger partial charge < -0.3 is 5.32 Å². The smallest absolute Gasteiger partial charge is 0.267 e. The fourth-order valence-electron chi connectivity index (χ4n) is 3.54. The summed E-state index contributed by atoms with van der Waals surface area (Å²) in [5.41, 5.74) is 3.11. The molecule has 0 bridgehead atoms. The van der Waals surface area contributed by atoms with Gasteiger partial charge in [0.15, 0.2) is 0 Å². The largest absolute Gasteiger partial charge is 0.324 e. The molecule has 2 aromatic carbocycles. The van der Waals surface area contributed by atoms with Crippen molar-refractivity contribution in [2.24, 2.45) is 0 Å². The normalized spacial score (nSPS) is 17.9. The Morgan fingerprint density at radius 2 is 1.81 bits per heavy atom. The fourth-order valence-corrected chi connectivity index (χ4v) is 4.89. The van der Waals surface area contributed by atoms with E-state index in [1.807, 2.05) is 31.2 Å². The number of fused-ring (bicyclic) bond motifs is 1. The highest BCUT2D eigenvalue weighted by molar-refractivity contribution is 8.26. The van der Waals surface area contributed by atoms with E-state index in [1.54, 1.807) is 30.3 Å². The lowest BCUT2D eigenvalue weighted by Gasteiger charge is -2.17. The zero-order valence-corrected chi connectivity index (χ0v) is 18.4. The molecule has 0 unspecified atom stereocenters. The van der Waals surface area contributed by atoms with Crippen LogP contribution in [0.4, 0.5) is 11.4 Å². The molecule has 0 radical (unpaired) electrons. The van der Waals surface area contributed by atoms with Gasteiger partial charge in [-0.25, -0.2) is 0 Å². The van der Waals surface area contributed by atoms with Crippen molar-refractivity contribution in [2.45, 2.75) is 6.92 Å². The Labute approximate surface area is 189 Å². The second-order valence-corrected chi connectivity index (χ2v) is 8.69. The number of hydrogen-bond donors (Lipinski definition) is 1. The Hall–Kier alpha value is -3.23. The standard InChI is InChI=1S/C23H19N3O3S2/c1-3-12-25-22(29)20(31-23(25)30)19-15-9-5-7-11-17(15)26(21(19)28)13-18(27)24-16-10-6-4-8-14(16)2/h3-11H,1,12-13H2,2H3,(H,24,27). The summed E-state index contributed by atoms with van der Waals surface area (Å²) in [6.07, 6.45) is 1.59. The lowest BCUT2D eigenvalue weighted by Crippen LogP contribution is -2.35. The van der Waals surface area contributed by atoms with Gasteiger partial charge in [0.05, 0.1) is 16.2 Å². The average molecular weight is 450 g/mol. The molecule has 0 spiro atoms. The quantitative estimate of drug-likeness (QED) is 0.428. The van der Waals surface area contributed by atoms with Gasteiger partial charge in [0.25, 0.3) is 11.8 Å². The van der Waals surface area contributed by atoms with Crippen LogP contribution in [0.15, 0.2) is 66.1 Å². The molecule has 2 aromatic rings. The van der Waals surface area contributed by atoms with Crippen LogP contribution in [0.25, 0.3) is 5.57 Å². The predicted molar refractivity (Wildman–Crippen MR) is 128 cm³/mol. The molecule has 2 aliphatic rings. The molecule has 2 heterocycles. The number of anilines is 2. The number of aryl methyl sites for hydroxylation is 1. The van der Waals surface area contributed by atoms with Crippen molar-refractivity contribution >= 4 is 63.0 Å². The van der Waals surface area contributed by atoms with Gasteiger partial charge in [0.2, 0.25) is 5.91 Å². The van der Waals surface area contributed by atoms with Crippen molar-refractivity contribution in [3.8, 4) is 0 Å². The van der Waals surface area contributed by atoms with Gasteiger partial charge in [-0.2, -0.15) is 0 Å². The van der Waals surface area contributed by atoms with E-state index >= 15 is 0 Å². The van der Waals surface area contributed by atoms with Gasteiger partial charge in [0.1, 0.15) is 10.9 Å². The Balaban J connectivity index is 1.66. The molecule has 4 rings (SSSR count). The van der Waals surface area contributed by atoms with E-state index in [0.717, 1.165) is 17.3 Å². The van der Waals surface area contributed by atoms with Crippen LogP contribution >= 0.6 is 24.0 Å². The summed E-state index contributed by atoms with van der Waals surface area (Å²) in [7, 11) is 0. The monoisotopic (exact) mass is 449 g/mol. The Kier molecular flexibility index (Phi) is 5.75. The highest BCUT2D eigenvalue weighted by Gasteiger charge is 2.42. The SMILES string of the molecule is C=CCN1C(=O)C(=C2C(=O)N(CC(=O)Nc3ccccc3C)c3ccccc32)SC1=S. The molecular weight excluding hydrogens is 430 g/mol. The number of benzene rings is 2. The third-order valence-electron chi connectivity index (χ3n) is 5.03. The number of thioether (sulfide) groups is 1. The molecule has 156 valence electrons. The maximum atomic E-state index is 13.4. The molecule has 0 aromatic heterocycles. The highest BCUT2D eigenvalue weighted by atomic mass is 32.2. The van der Waals surface area contributed by atoms with E-state index in [-0.39, 0.29) is 41.3 Å². The lowest BCUT2D eigenvalue weighted by atomic mass is 10.1. The minimum absolute atomic E-state index is 0.166. The molecule has 8 heteroatoms. The van der Waals surface area contributed by atoms with Crippen LogP contribution in [0.3, 0.4) is 0 Å². The first-order chi connectivity index (χ1) is 14.9. The van der Waals surface area contributed by atoms with Gasteiger partial charge in [-0.3, -0.25) is 24.2 Å². The number of nitrogens with zero attached hydrogens (tertiary/aromatic N) is 2. The first-order valence-corrected chi connectivity index (χ1v) is 10.8. The summed E-state index contributed by atoms with van der Waals surface area (Å²) >= 11 is 6.42. The number of para-hydroxylation sites is 2. The molecule has 0 saturated carbocycles. The third kappa shape index (κ3) is 3.80. The molecule has 0 atom stereocenters. The van der Waals surface area contributed by atoms with Crippen molar-refractivity contribution < 1.29 is 14.4 Å². The van der Waals surface area contributed by atoms with Crippen LogP contribution < -0.4 is 10.2 Å². The van der Waals surface area contributed by atoms with Crippen molar-refractivity contribution in [3.05, 3.63) is 77.2 Å². The van der Waals surface area contributed by atoms with E-state index < -0.39 is 0 Å². The second kappa shape index (κ2) is 8.49. The Morgan fingerprint density at radius 3 is 2.55 bits per heavy atom. The van der Waals surface area contributed by atoms with Crippen LogP contribution in [0.5, 0.6) is 0 Å². The van der Waals surface area contributed by atoms with Gasteiger partial charge in [-0.1, -0.05) is 66.5 Å². The van der Waals surface area contributed by atoms with E-state index in [4.69, 9.17) is 12.2 Å². The van der Waals surface area contributed by atoms with Crippen molar-refractivity contribution in [3.63, 3.8) is 0 Å². The number of thiocarbonyl (C=S) groups is 1. The predicted octanol–water partition coefficient (Wildman–Crippen LogP) is 3.74. The Morgan fingerprint density at radius 1 is 1.10 bits per heavy atom. The number of amides is 3. The van der Waals surface area contributed by atoms with E-state index in [0.29, 0.717) is 21.3 Å². The number of hydrogen-bond acceptors (Lipinski definition) is 5. The van der Waals surface area contributed by atoms with Crippen LogP contribution in [-0.4, -0.2) is 40.0 Å². The maximum absolute atomic E-state index is 13.4. The van der Waals surface area contributed by atoms with Crippen LogP contribution in [-0.2, 0) is 14.4 Å². The molecule has 1 N–H and O–H groups in total. The van der Waals surface area contributed by atoms with Crippen molar-refractivity contribution in [1.82, 2.24) is 4.90 Å². The van der Waals surface area contributed by atoms with Gasteiger partial charge in [-0.15, -0.1) is 6.58 Å². The highest BCUT2D eigenvalue weighted by Crippen LogP contribution is 2.44. The summed E-state index contributed by atoms with van der Waals surface area (Å²) in [5, 5.41) is 2.85. The fraction of sp³-hybridized carbons (Fsp3) is 0.130. The van der Waals surface area contributed by atoms with E-state index in [1.165, 1.54) is 9.80 Å². The topological polar surface area (TPSA) is 69.7 Å². The maximum Gasteiger partial charge on any atom is 0.267 e. The molecule has 1 fully saturated rings. The average Bonchev–Trinajstić information content (AvgIpc) is 3.18. The third-order valence-corrected chi connectivity index (χ3v) is 6.48. The van der Waals surface area contributed by atoms with Crippen molar-refractivity contribution in [1.29, 1.82) is 0 Å². The number of nitrogens with one attached hydrogen (secondary N) is 1. The zero-order chi connectivity index (χ0) is 22.1. The molecule has 2 aliphatic heterocycles. The zero-order valence-electron chi connectivity index (χ0n) is 16.8. The minimum Gasteiger partial charge on any atom is -0.324 e. The van der Waals surface area contributed by atoms with Crippen LogP contribution in [0, 0.1) is 6.92 Å². The van der Waals surface area contributed by atoms with Gasteiger partial charge in [0, 0.05) is 17.8 Å².